The maximum atomic E-state index is 8.54. The topological polar surface area (TPSA) is 70.1 Å². The molecule has 0 aromatic carbocycles. The Morgan fingerprint density at radius 1 is 1.75 bits per heavy atom. The van der Waals surface area contributed by atoms with Gasteiger partial charge in [-0.1, -0.05) is 13.8 Å². The first-order valence-electron chi connectivity index (χ1n) is 2.46. The molecule has 0 aliphatic carbocycles. The Bertz CT molecular complexity index is 98.6. The van der Waals surface area contributed by atoms with E-state index < -0.39 is 5.41 Å². The third kappa shape index (κ3) is 1.50. The summed E-state index contributed by atoms with van der Waals surface area (Å²) >= 11 is 0. The minimum Gasteiger partial charge on any atom is -0.395 e. The second-order valence-electron chi connectivity index (χ2n) is 2.46. The largest absolute Gasteiger partial charge is 0.395 e. The van der Waals surface area contributed by atoms with Crippen molar-refractivity contribution >= 4 is 5.84 Å². The standard InChI is InChI=1S/C5H12N2O/c1-5(2,3-8)4(6)7/h8H,3H2,1-2H3,(H3,6,7). The van der Waals surface area contributed by atoms with Gasteiger partial charge in [0.25, 0.3) is 0 Å². The number of hydrogen-bond acceptors (Lipinski definition) is 2. The van der Waals surface area contributed by atoms with Crippen molar-refractivity contribution in [1.29, 1.82) is 5.41 Å². The molecule has 0 saturated heterocycles. The van der Waals surface area contributed by atoms with Crippen LogP contribution in [0.3, 0.4) is 0 Å². The van der Waals surface area contributed by atoms with Crippen molar-refractivity contribution < 1.29 is 5.11 Å². The van der Waals surface area contributed by atoms with Crippen molar-refractivity contribution in [2.75, 3.05) is 6.61 Å². The van der Waals surface area contributed by atoms with E-state index in [1.54, 1.807) is 13.8 Å². The minimum atomic E-state index is -0.542. The van der Waals surface area contributed by atoms with Crippen LogP contribution in [0.4, 0.5) is 0 Å². The predicted molar refractivity (Wildman–Crippen MR) is 32.8 cm³/mol. The normalized spacial score (nSPS) is 11.4. The minimum absolute atomic E-state index is 0.0278. The van der Waals surface area contributed by atoms with E-state index in [-0.39, 0.29) is 12.4 Å². The molecule has 0 aliphatic heterocycles. The molecule has 8 heavy (non-hydrogen) atoms. The fraction of sp³-hybridized carbons (Fsp3) is 0.800. The summed E-state index contributed by atoms with van der Waals surface area (Å²) < 4.78 is 0. The van der Waals surface area contributed by atoms with Crippen LogP contribution in [0.1, 0.15) is 13.8 Å². The smallest absolute Gasteiger partial charge is 0.0986 e. The Labute approximate surface area is 49.0 Å². The van der Waals surface area contributed by atoms with Crippen LogP contribution in [0.25, 0.3) is 0 Å². The lowest BCUT2D eigenvalue weighted by Crippen LogP contribution is -2.33. The van der Waals surface area contributed by atoms with Crippen LogP contribution in [-0.4, -0.2) is 17.5 Å². The van der Waals surface area contributed by atoms with E-state index in [1.165, 1.54) is 0 Å². The zero-order chi connectivity index (χ0) is 6.78. The highest BCUT2D eigenvalue weighted by Gasteiger charge is 2.19. The SMILES string of the molecule is CC(C)(CO)C(=N)N. The molecule has 3 heteroatoms. The molecular formula is C5H12N2O. The van der Waals surface area contributed by atoms with Gasteiger partial charge >= 0.3 is 0 Å². The molecule has 0 unspecified atom stereocenters. The second kappa shape index (κ2) is 2.13. The summed E-state index contributed by atoms with van der Waals surface area (Å²) in [5, 5.41) is 15.5. The van der Waals surface area contributed by atoms with E-state index >= 15 is 0 Å². The van der Waals surface area contributed by atoms with Gasteiger partial charge in [-0.25, -0.2) is 0 Å². The molecule has 0 spiro atoms. The van der Waals surface area contributed by atoms with Crippen LogP contribution in [0.2, 0.25) is 0 Å². The number of hydrogen-bond donors (Lipinski definition) is 3. The van der Waals surface area contributed by atoms with Gasteiger partial charge in [0.15, 0.2) is 0 Å². The van der Waals surface area contributed by atoms with Crippen LogP contribution in [-0.2, 0) is 0 Å². The molecule has 0 rings (SSSR count). The fourth-order valence-corrected chi connectivity index (χ4v) is 0.0852. The molecule has 0 bridgehead atoms. The van der Waals surface area contributed by atoms with E-state index in [4.69, 9.17) is 16.2 Å². The summed E-state index contributed by atoms with van der Waals surface area (Å²) in [7, 11) is 0. The zero-order valence-corrected chi connectivity index (χ0v) is 5.23. The average molecular weight is 116 g/mol. The number of rotatable bonds is 2. The van der Waals surface area contributed by atoms with Gasteiger partial charge < -0.3 is 10.8 Å². The first kappa shape index (κ1) is 7.43. The van der Waals surface area contributed by atoms with Crippen molar-refractivity contribution in [3.05, 3.63) is 0 Å². The molecular weight excluding hydrogens is 104 g/mol. The van der Waals surface area contributed by atoms with Crippen LogP contribution in [0, 0.1) is 10.8 Å². The maximum absolute atomic E-state index is 8.54. The average Bonchev–Trinajstić information content (AvgIpc) is 1.67. The summed E-state index contributed by atoms with van der Waals surface area (Å²) in [5.74, 6) is 0.0278. The Morgan fingerprint density at radius 3 is 2.12 bits per heavy atom. The molecule has 4 N–H and O–H groups in total. The Balaban J connectivity index is 3.91. The fourth-order valence-electron chi connectivity index (χ4n) is 0.0852. The van der Waals surface area contributed by atoms with Gasteiger partial charge in [0, 0.05) is 5.41 Å². The van der Waals surface area contributed by atoms with Crippen LogP contribution in [0.15, 0.2) is 0 Å². The van der Waals surface area contributed by atoms with Gasteiger partial charge in [0.1, 0.15) is 0 Å². The lowest BCUT2D eigenvalue weighted by molar-refractivity contribution is 0.212. The summed E-state index contributed by atoms with van der Waals surface area (Å²) in [6, 6.07) is 0. The van der Waals surface area contributed by atoms with Crippen LogP contribution < -0.4 is 5.73 Å². The predicted octanol–water partition coefficient (Wildman–Crippen LogP) is -0.0591. The van der Waals surface area contributed by atoms with Gasteiger partial charge in [0.05, 0.1) is 12.4 Å². The second-order valence-corrected chi connectivity index (χ2v) is 2.46. The van der Waals surface area contributed by atoms with Crippen molar-refractivity contribution in [1.82, 2.24) is 0 Å². The van der Waals surface area contributed by atoms with E-state index in [1.807, 2.05) is 0 Å². The van der Waals surface area contributed by atoms with E-state index in [0.29, 0.717) is 0 Å². The van der Waals surface area contributed by atoms with E-state index in [2.05, 4.69) is 0 Å². The van der Waals surface area contributed by atoms with Gasteiger partial charge in [-0.2, -0.15) is 0 Å². The number of aliphatic hydroxyl groups excluding tert-OH is 1. The molecule has 0 aliphatic rings. The molecule has 0 radical (unpaired) electrons. The summed E-state index contributed by atoms with van der Waals surface area (Å²) in [6.45, 7) is 3.37. The lowest BCUT2D eigenvalue weighted by atomic mass is 9.94. The first-order valence-corrected chi connectivity index (χ1v) is 2.46. The molecule has 0 heterocycles. The summed E-state index contributed by atoms with van der Waals surface area (Å²) in [4.78, 5) is 0. The van der Waals surface area contributed by atoms with E-state index in [0.717, 1.165) is 0 Å². The van der Waals surface area contributed by atoms with Gasteiger partial charge in [0.2, 0.25) is 0 Å². The quantitative estimate of drug-likeness (QED) is 0.349. The highest BCUT2D eigenvalue weighted by atomic mass is 16.3. The molecule has 3 nitrogen and oxygen atoms in total. The van der Waals surface area contributed by atoms with Gasteiger partial charge in [-0.15, -0.1) is 0 Å². The highest BCUT2D eigenvalue weighted by molar-refractivity contribution is 5.82. The van der Waals surface area contributed by atoms with Crippen molar-refractivity contribution in [2.24, 2.45) is 11.1 Å². The molecule has 0 atom stereocenters. The van der Waals surface area contributed by atoms with Crippen molar-refractivity contribution in [3.63, 3.8) is 0 Å². The molecule has 0 fully saturated rings. The Kier molecular flexibility index (Phi) is 1.98. The number of nitrogens with one attached hydrogen (secondary N) is 1. The maximum Gasteiger partial charge on any atom is 0.0986 e. The zero-order valence-electron chi connectivity index (χ0n) is 5.23. The lowest BCUT2D eigenvalue weighted by Gasteiger charge is -2.18. The van der Waals surface area contributed by atoms with E-state index in [9.17, 15) is 0 Å². The number of nitrogens with two attached hydrogens (primary N) is 1. The third-order valence-corrected chi connectivity index (χ3v) is 1.12. The molecule has 0 amide bonds. The molecule has 0 saturated carbocycles. The summed E-state index contributed by atoms with van der Waals surface area (Å²) in [6.07, 6.45) is 0. The van der Waals surface area contributed by atoms with Crippen LogP contribution >= 0.6 is 0 Å². The Hall–Kier alpha value is -0.570. The summed E-state index contributed by atoms with van der Waals surface area (Å²) in [5.41, 5.74) is 4.56. The first-order chi connectivity index (χ1) is 3.50. The Morgan fingerprint density at radius 2 is 2.12 bits per heavy atom. The number of aliphatic hydroxyl groups is 1. The van der Waals surface area contributed by atoms with Crippen molar-refractivity contribution in [3.8, 4) is 0 Å². The molecule has 0 aromatic rings. The monoisotopic (exact) mass is 116 g/mol. The van der Waals surface area contributed by atoms with Gasteiger partial charge in [-0.3, -0.25) is 5.41 Å². The van der Waals surface area contributed by atoms with Gasteiger partial charge in [-0.05, 0) is 0 Å². The van der Waals surface area contributed by atoms with Crippen molar-refractivity contribution in [2.45, 2.75) is 13.8 Å². The number of amidine groups is 1. The highest BCUT2D eigenvalue weighted by Crippen LogP contribution is 2.11. The molecule has 0 aromatic heterocycles. The van der Waals surface area contributed by atoms with Crippen LogP contribution in [0.5, 0.6) is 0 Å². The molecule has 48 valence electrons. The third-order valence-electron chi connectivity index (χ3n) is 1.12.